The van der Waals surface area contributed by atoms with Crippen LogP contribution < -0.4 is 15.5 Å². The van der Waals surface area contributed by atoms with E-state index in [2.05, 4.69) is 38.4 Å². The fourth-order valence-corrected chi connectivity index (χ4v) is 3.30. The minimum atomic E-state index is -0.0401. The van der Waals surface area contributed by atoms with E-state index < -0.39 is 0 Å². The van der Waals surface area contributed by atoms with Gasteiger partial charge in [0.25, 0.3) is 5.91 Å². The molecule has 1 fully saturated rings. The number of amides is 1. The van der Waals surface area contributed by atoms with E-state index >= 15 is 0 Å². The van der Waals surface area contributed by atoms with Gasteiger partial charge in [0.05, 0.1) is 6.54 Å². The van der Waals surface area contributed by atoms with E-state index in [-0.39, 0.29) is 5.91 Å². The number of nitrogens with one attached hydrogen (secondary N) is 2. The topological polar surface area (TPSA) is 72.9 Å². The highest BCUT2D eigenvalue weighted by molar-refractivity contribution is 5.94. The van der Waals surface area contributed by atoms with Gasteiger partial charge in [-0.1, -0.05) is 18.2 Å². The van der Waals surface area contributed by atoms with E-state index in [1.807, 2.05) is 49.5 Å². The molecule has 1 aromatic carbocycles. The van der Waals surface area contributed by atoms with Crippen LogP contribution in [0.15, 0.2) is 53.7 Å². The number of hydrogen-bond donors (Lipinski definition) is 2. The second kappa shape index (κ2) is 10.5. The van der Waals surface area contributed by atoms with E-state index in [1.165, 1.54) is 0 Å². The van der Waals surface area contributed by atoms with Crippen LogP contribution in [0.5, 0.6) is 0 Å². The Kier molecular flexibility index (Phi) is 7.44. The van der Waals surface area contributed by atoms with Crippen molar-refractivity contribution in [3.8, 4) is 0 Å². The normalized spacial score (nSPS) is 14.6. The molecule has 2 aromatic rings. The van der Waals surface area contributed by atoms with Crippen molar-refractivity contribution in [1.82, 2.24) is 20.5 Å². The Morgan fingerprint density at radius 3 is 2.34 bits per heavy atom. The van der Waals surface area contributed by atoms with Gasteiger partial charge in [0.15, 0.2) is 5.96 Å². The second-order valence-corrected chi connectivity index (χ2v) is 6.89. The number of hydrogen-bond acceptors (Lipinski definition) is 4. The van der Waals surface area contributed by atoms with E-state index in [4.69, 9.17) is 4.99 Å². The molecule has 0 atom stereocenters. The largest absolute Gasteiger partial charge is 0.357 e. The molecule has 1 aromatic heterocycles. The van der Waals surface area contributed by atoms with Gasteiger partial charge in [-0.25, -0.2) is 9.98 Å². The lowest BCUT2D eigenvalue weighted by Gasteiger charge is -2.37. The minimum Gasteiger partial charge on any atom is -0.357 e. The number of benzene rings is 1. The highest BCUT2D eigenvalue weighted by Gasteiger charge is 2.20. The van der Waals surface area contributed by atoms with Crippen LogP contribution in [0.25, 0.3) is 0 Å². The lowest BCUT2D eigenvalue weighted by molar-refractivity contribution is 0.0956. The molecule has 1 aliphatic rings. The van der Waals surface area contributed by atoms with Crippen molar-refractivity contribution in [2.75, 3.05) is 44.2 Å². The summed E-state index contributed by atoms with van der Waals surface area (Å²) in [4.78, 5) is 25.7. The summed E-state index contributed by atoms with van der Waals surface area (Å²) in [5.74, 6) is 1.92. The summed E-state index contributed by atoms with van der Waals surface area (Å²) in [6, 6.07) is 13.7. The third-order valence-electron chi connectivity index (χ3n) is 4.85. The van der Waals surface area contributed by atoms with Crippen LogP contribution in [0.1, 0.15) is 29.8 Å². The number of aromatic nitrogens is 1. The van der Waals surface area contributed by atoms with Gasteiger partial charge < -0.3 is 20.4 Å². The molecule has 1 amide bonds. The molecular weight excluding hydrogens is 364 g/mol. The third-order valence-corrected chi connectivity index (χ3v) is 4.85. The Morgan fingerprint density at radius 2 is 1.72 bits per heavy atom. The van der Waals surface area contributed by atoms with Gasteiger partial charge in [0.1, 0.15) is 5.82 Å². The SMILES string of the molecule is CCNC(=O)c1ccc(CN=C(NCC)N2CCN(c3ccccn3)CC2)cc1. The standard InChI is InChI=1S/C22H30N6O/c1-3-23-21(29)19-10-8-18(9-11-19)17-26-22(24-4-2)28-15-13-27(14-16-28)20-7-5-6-12-25-20/h5-12H,3-4,13-17H2,1-2H3,(H,23,29)(H,24,26). The quantitative estimate of drug-likeness (QED) is 0.580. The smallest absolute Gasteiger partial charge is 0.251 e. The molecule has 2 heterocycles. The molecule has 0 saturated carbocycles. The monoisotopic (exact) mass is 394 g/mol. The van der Waals surface area contributed by atoms with Crippen molar-refractivity contribution in [2.24, 2.45) is 4.99 Å². The molecular formula is C22H30N6O. The zero-order valence-corrected chi connectivity index (χ0v) is 17.3. The number of aliphatic imine (C=N–C) groups is 1. The first-order chi connectivity index (χ1) is 14.2. The molecule has 7 heteroatoms. The van der Waals surface area contributed by atoms with Crippen LogP contribution in [0.2, 0.25) is 0 Å². The van der Waals surface area contributed by atoms with Crippen molar-refractivity contribution in [1.29, 1.82) is 0 Å². The first-order valence-corrected chi connectivity index (χ1v) is 10.3. The average Bonchev–Trinajstić information content (AvgIpc) is 2.78. The number of pyridine rings is 1. The predicted octanol–water partition coefficient (Wildman–Crippen LogP) is 2.12. The molecule has 29 heavy (non-hydrogen) atoms. The molecule has 0 unspecified atom stereocenters. The first kappa shape index (κ1) is 20.6. The third kappa shape index (κ3) is 5.70. The van der Waals surface area contributed by atoms with Crippen molar-refractivity contribution in [3.63, 3.8) is 0 Å². The van der Waals surface area contributed by atoms with Crippen molar-refractivity contribution in [2.45, 2.75) is 20.4 Å². The molecule has 154 valence electrons. The van der Waals surface area contributed by atoms with Crippen LogP contribution in [-0.2, 0) is 6.54 Å². The molecule has 1 saturated heterocycles. The minimum absolute atomic E-state index is 0.0401. The number of piperazine rings is 1. The Balaban J connectivity index is 1.59. The molecule has 3 rings (SSSR count). The summed E-state index contributed by atoms with van der Waals surface area (Å²) in [7, 11) is 0. The van der Waals surface area contributed by atoms with Crippen molar-refractivity contribution < 1.29 is 4.79 Å². The van der Waals surface area contributed by atoms with Gasteiger partial charge >= 0.3 is 0 Å². The number of anilines is 1. The average molecular weight is 395 g/mol. The predicted molar refractivity (Wildman–Crippen MR) is 117 cm³/mol. The zero-order chi connectivity index (χ0) is 20.5. The molecule has 0 aliphatic carbocycles. The highest BCUT2D eigenvalue weighted by Crippen LogP contribution is 2.13. The molecule has 0 spiro atoms. The number of nitrogens with zero attached hydrogens (tertiary/aromatic N) is 4. The summed E-state index contributed by atoms with van der Waals surface area (Å²) in [6.07, 6.45) is 1.84. The molecule has 7 nitrogen and oxygen atoms in total. The summed E-state index contributed by atoms with van der Waals surface area (Å²) >= 11 is 0. The summed E-state index contributed by atoms with van der Waals surface area (Å²) in [5, 5.41) is 6.22. The maximum atomic E-state index is 11.9. The first-order valence-electron chi connectivity index (χ1n) is 10.3. The fraction of sp³-hybridized carbons (Fsp3) is 0.409. The van der Waals surface area contributed by atoms with Gasteiger partial charge in [0, 0.05) is 51.0 Å². The maximum Gasteiger partial charge on any atom is 0.251 e. The van der Waals surface area contributed by atoms with Gasteiger partial charge in [-0.2, -0.15) is 0 Å². The Hall–Kier alpha value is -3.09. The molecule has 0 radical (unpaired) electrons. The maximum absolute atomic E-state index is 11.9. The van der Waals surface area contributed by atoms with Crippen LogP contribution in [0, 0.1) is 0 Å². The molecule has 2 N–H and O–H groups in total. The van der Waals surface area contributed by atoms with Crippen LogP contribution in [0.3, 0.4) is 0 Å². The Labute approximate surface area is 172 Å². The highest BCUT2D eigenvalue weighted by atomic mass is 16.1. The van der Waals surface area contributed by atoms with Crippen molar-refractivity contribution in [3.05, 3.63) is 59.8 Å². The number of carbonyl (C=O) groups is 1. The van der Waals surface area contributed by atoms with E-state index in [0.717, 1.165) is 50.1 Å². The van der Waals surface area contributed by atoms with Gasteiger partial charge in [0.2, 0.25) is 0 Å². The zero-order valence-electron chi connectivity index (χ0n) is 17.3. The van der Waals surface area contributed by atoms with Gasteiger partial charge in [-0.15, -0.1) is 0 Å². The number of rotatable bonds is 6. The van der Waals surface area contributed by atoms with Crippen molar-refractivity contribution >= 4 is 17.7 Å². The summed E-state index contributed by atoms with van der Waals surface area (Å²) < 4.78 is 0. The van der Waals surface area contributed by atoms with Crippen LogP contribution in [-0.4, -0.2) is 61.0 Å². The number of guanidine groups is 1. The second-order valence-electron chi connectivity index (χ2n) is 6.89. The Bertz CT molecular complexity index is 798. The summed E-state index contributed by atoms with van der Waals surface area (Å²) in [6.45, 7) is 9.68. The van der Waals surface area contributed by atoms with Crippen LogP contribution >= 0.6 is 0 Å². The summed E-state index contributed by atoms with van der Waals surface area (Å²) in [5.41, 5.74) is 1.76. The fourth-order valence-electron chi connectivity index (χ4n) is 3.30. The lowest BCUT2D eigenvalue weighted by atomic mass is 10.1. The van der Waals surface area contributed by atoms with E-state index in [1.54, 1.807) is 0 Å². The Morgan fingerprint density at radius 1 is 1.00 bits per heavy atom. The number of carbonyl (C=O) groups excluding carboxylic acids is 1. The molecule has 0 bridgehead atoms. The van der Waals surface area contributed by atoms with Gasteiger partial charge in [-0.05, 0) is 43.7 Å². The lowest BCUT2D eigenvalue weighted by Crippen LogP contribution is -2.52. The molecule has 1 aliphatic heterocycles. The van der Waals surface area contributed by atoms with E-state index in [9.17, 15) is 4.79 Å². The van der Waals surface area contributed by atoms with Gasteiger partial charge in [-0.3, -0.25) is 4.79 Å². The van der Waals surface area contributed by atoms with E-state index in [0.29, 0.717) is 18.7 Å². The van der Waals surface area contributed by atoms with Crippen LogP contribution in [0.4, 0.5) is 5.82 Å².